The van der Waals surface area contributed by atoms with Gasteiger partial charge in [0.15, 0.2) is 0 Å². The third kappa shape index (κ3) is 2.07. The van der Waals surface area contributed by atoms with Gasteiger partial charge in [-0.05, 0) is 23.6 Å². The van der Waals surface area contributed by atoms with Crippen LogP contribution >= 0.6 is 11.6 Å². The normalized spacial score (nSPS) is 8.92. The van der Waals surface area contributed by atoms with Crippen LogP contribution in [0.4, 0.5) is 5.69 Å². The van der Waals surface area contributed by atoms with Crippen molar-refractivity contribution in [3.05, 3.63) is 33.9 Å². The van der Waals surface area contributed by atoms with E-state index in [0.29, 0.717) is 10.7 Å². The quantitative estimate of drug-likeness (QED) is 0.558. The number of hydrogen-bond donors (Lipinski definition) is 2. The second-order valence-electron chi connectivity index (χ2n) is 2.27. The Morgan fingerprint density at radius 2 is 2.31 bits per heavy atom. The van der Waals surface area contributed by atoms with E-state index in [-0.39, 0.29) is 5.56 Å². The molecular formula is C7H6ClN4O+. The Morgan fingerprint density at radius 1 is 1.62 bits per heavy atom. The Hall–Kier alpha value is -1.80. The van der Waals surface area contributed by atoms with Crippen LogP contribution in [0.3, 0.4) is 0 Å². The van der Waals surface area contributed by atoms with E-state index >= 15 is 0 Å². The van der Waals surface area contributed by atoms with Gasteiger partial charge in [0.1, 0.15) is 5.69 Å². The van der Waals surface area contributed by atoms with Crippen molar-refractivity contribution >= 4 is 23.2 Å². The summed E-state index contributed by atoms with van der Waals surface area (Å²) in [6, 6.07) is 4.42. The van der Waals surface area contributed by atoms with E-state index in [1.54, 1.807) is 6.07 Å². The standard InChI is InChI=1S/C7H5ClN4O/c8-4-1-2-6(11-12-10)5(3-4)7(9)13/h1-3H,(H2-,9,11,13)/p+1. The van der Waals surface area contributed by atoms with Gasteiger partial charge >= 0.3 is 5.08 Å². The van der Waals surface area contributed by atoms with Gasteiger partial charge in [-0.15, -0.1) is 0 Å². The third-order valence-electron chi connectivity index (χ3n) is 1.42. The summed E-state index contributed by atoms with van der Waals surface area (Å²) in [6.45, 7) is 0. The molecule has 0 aromatic heterocycles. The zero-order chi connectivity index (χ0) is 9.84. The maximum Gasteiger partial charge on any atom is 0.308 e. The molecule has 1 rings (SSSR count). The maximum absolute atomic E-state index is 10.8. The monoisotopic (exact) mass is 197 g/mol. The van der Waals surface area contributed by atoms with Crippen LogP contribution in [-0.2, 0) is 0 Å². The van der Waals surface area contributed by atoms with Gasteiger partial charge in [-0.2, -0.15) is 0 Å². The number of halogens is 1. The number of nitrogens with one attached hydrogen (secondary N) is 1. The Balaban J connectivity index is 3.20. The molecule has 5 nitrogen and oxygen atoms in total. The third-order valence-corrected chi connectivity index (χ3v) is 1.65. The topological polar surface area (TPSA) is 83.3 Å². The summed E-state index contributed by atoms with van der Waals surface area (Å²) in [5.74, 6) is -0.645. The van der Waals surface area contributed by atoms with E-state index < -0.39 is 5.91 Å². The lowest BCUT2D eigenvalue weighted by atomic mass is 10.2. The van der Waals surface area contributed by atoms with E-state index in [4.69, 9.17) is 22.7 Å². The predicted octanol–water partition coefficient (Wildman–Crippen LogP) is 1.62. The molecule has 1 aromatic carbocycles. The molecule has 0 fully saturated rings. The number of carbonyl (C=O) groups is 1. The van der Waals surface area contributed by atoms with Crippen LogP contribution in [0.15, 0.2) is 18.2 Å². The molecule has 0 aliphatic rings. The second-order valence-corrected chi connectivity index (χ2v) is 2.70. The van der Waals surface area contributed by atoms with Crippen LogP contribution in [0, 0.1) is 5.39 Å². The van der Waals surface area contributed by atoms with Gasteiger partial charge in [0.05, 0.1) is 5.56 Å². The fourth-order valence-corrected chi connectivity index (χ4v) is 1.04. The van der Waals surface area contributed by atoms with Gasteiger partial charge in [0.25, 0.3) is 11.3 Å². The molecule has 0 heterocycles. The number of nitrogens with zero attached hydrogens (tertiary/aromatic N) is 2. The largest absolute Gasteiger partial charge is 0.366 e. The number of anilines is 1. The summed E-state index contributed by atoms with van der Waals surface area (Å²) in [6.07, 6.45) is 0. The summed E-state index contributed by atoms with van der Waals surface area (Å²) in [5.41, 5.74) is 7.74. The molecule has 1 amide bonds. The predicted molar refractivity (Wildman–Crippen MR) is 48.7 cm³/mol. The lowest BCUT2D eigenvalue weighted by Gasteiger charge is -1.98. The molecule has 3 N–H and O–H groups in total. The number of benzene rings is 1. The highest BCUT2D eigenvalue weighted by molar-refractivity contribution is 6.31. The first kappa shape index (κ1) is 9.29. The Kier molecular flexibility index (Phi) is 2.67. The molecule has 0 saturated carbocycles. The highest BCUT2D eigenvalue weighted by atomic mass is 35.5. The molecule has 0 aliphatic heterocycles. The van der Waals surface area contributed by atoms with Crippen LogP contribution in [0.1, 0.15) is 10.4 Å². The molecule has 0 bridgehead atoms. The summed E-state index contributed by atoms with van der Waals surface area (Å²) in [7, 11) is 0. The molecule has 0 atom stereocenters. The van der Waals surface area contributed by atoms with Gasteiger partial charge in [0.2, 0.25) is 0 Å². The van der Waals surface area contributed by atoms with Gasteiger partial charge in [0, 0.05) is 5.02 Å². The van der Waals surface area contributed by atoms with E-state index in [9.17, 15) is 4.79 Å². The minimum absolute atomic E-state index is 0.172. The smallest absolute Gasteiger partial charge is 0.308 e. The fraction of sp³-hybridized carbons (Fsp3) is 0. The van der Waals surface area contributed by atoms with Crippen molar-refractivity contribution in [1.82, 2.24) is 0 Å². The first-order chi connectivity index (χ1) is 6.15. The highest BCUT2D eigenvalue weighted by Crippen LogP contribution is 2.19. The minimum Gasteiger partial charge on any atom is -0.366 e. The van der Waals surface area contributed by atoms with Gasteiger partial charge in [-0.25, -0.2) is 0 Å². The molecule has 13 heavy (non-hydrogen) atoms. The molecule has 0 spiro atoms. The average Bonchev–Trinajstić information content (AvgIpc) is 2.08. The zero-order valence-electron chi connectivity index (χ0n) is 6.49. The molecule has 0 unspecified atom stereocenters. The van der Waals surface area contributed by atoms with Crippen LogP contribution in [-0.4, -0.2) is 5.91 Å². The Morgan fingerprint density at radius 3 is 2.85 bits per heavy atom. The molecule has 1 aromatic rings. The van der Waals surface area contributed by atoms with Crippen molar-refractivity contribution in [1.29, 1.82) is 5.39 Å². The van der Waals surface area contributed by atoms with Crippen LogP contribution < -0.4 is 11.2 Å². The Bertz CT molecular complexity index is 385. The number of nitrogens with two attached hydrogens (primary N) is 1. The molecule has 0 aliphatic carbocycles. The minimum atomic E-state index is -0.645. The van der Waals surface area contributed by atoms with Crippen molar-refractivity contribution < 1.29 is 4.79 Å². The number of rotatable bonds is 2. The van der Waals surface area contributed by atoms with Crippen LogP contribution in [0.2, 0.25) is 5.02 Å². The molecule has 0 radical (unpaired) electrons. The molecular weight excluding hydrogens is 192 g/mol. The van der Waals surface area contributed by atoms with E-state index in [1.807, 2.05) is 0 Å². The van der Waals surface area contributed by atoms with E-state index in [0.717, 1.165) is 0 Å². The first-order valence-electron chi connectivity index (χ1n) is 3.34. The summed E-state index contributed by atoms with van der Waals surface area (Å²) >= 11 is 5.63. The summed E-state index contributed by atoms with van der Waals surface area (Å²) in [5, 5.41) is 11.3. The average molecular weight is 198 g/mol. The fourth-order valence-electron chi connectivity index (χ4n) is 0.872. The first-order valence-corrected chi connectivity index (χ1v) is 3.72. The van der Waals surface area contributed by atoms with Gasteiger partial charge in [-0.3, -0.25) is 4.79 Å². The van der Waals surface area contributed by atoms with Crippen molar-refractivity contribution in [3.63, 3.8) is 0 Å². The summed E-state index contributed by atoms with van der Waals surface area (Å²) < 4.78 is 0. The SMILES string of the molecule is N#[N+]Nc1ccc(Cl)cc1C(N)=O. The molecule has 0 saturated heterocycles. The van der Waals surface area contributed by atoms with Crippen molar-refractivity contribution in [2.75, 3.05) is 5.43 Å². The number of amides is 1. The van der Waals surface area contributed by atoms with E-state index in [1.165, 1.54) is 12.1 Å². The lowest BCUT2D eigenvalue weighted by molar-refractivity contribution is 0.100. The van der Waals surface area contributed by atoms with Crippen LogP contribution in [0.25, 0.3) is 5.08 Å². The lowest BCUT2D eigenvalue weighted by Crippen LogP contribution is -2.12. The van der Waals surface area contributed by atoms with Crippen molar-refractivity contribution in [2.45, 2.75) is 0 Å². The van der Waals surface area contributed by atoms with Crippen molar-refractivity contribution in [2.24, 2.45) is 5.73 Å². The van der Waals surface area contributed by atoms with Crippen LogP contribution in [0.5, 0.6) is 0 Å². The number of hydrogen-bond acceptors (Lipinski definition) is 3. The highest BCUT2D eigenvalue weighted by Gasteiger charge is 2.11. The maximum atomic E-state index is 10.8. The van der Waals surface area contributed by atoms with Gasteiger partial charge in [-0.1, -0.05) is 11.6 Å². The molecule has 6 heteroatoms. The second kappa shape index (κ2) is 3.74. The number of primary amides is 1. The molecule has 66 valence electrons. The number of carbonyl (C=O) groups excluding carboxylic acids is 1. The summed E-state index contributed by atoms with van der Waals surface area (Å²) in [4.78, 5) is 10.8. The van der Waals surface area contributed by atoms with E-state index in [2.05, 4.69) is 10.5 Å². The zero-order valence-corrected chi connectivity index (χ0v) is 7.25. The van der Waals surface area contributed by atoms with Crippen molar-refractivity contribution in [3.8, 4) is 0 Å². The Labute approximate surface area is 79.1 Å². The number of diazo groups is 1. The van der Waals surface area contributed by atoms with Gasteiger partial charge < -0.3 is 5.73 Å².